The number of rotatable bonds is 6. The van der Waals surface area contributed by atoms with Crippen LogP contribution < -0.4 is 10.1 Å². The van der Waals surface area contributed by atoms with Gasteiger partial charge in [-0.3, -0.25) is 0 Å². The molecule has 0 saturated carbocycles. The molecule has 134 valence electrons. The van der Waals surface area contributed by atoms with Gasteiger partial charge < -0.3 is 24.6 Å². The van der Waals surface area contributed by atoms with E-state index in [1.54, 1.807) is 14.2 Å². The summed E-state index contributed by atoms with van der Waals surface area (Å²) in [5, 5.41) is 3.07. The Hall–Kier alpha value is -1.79. The molecule has 0 aromatic heterocycles. The summed E-state index contributed by atoms with van der Waals surface area (Å²) in [4.78, 5) is 16.7. The predicted molar refractivity (Wildman–Crippen MR) is 94.4 cm³/mol. The monoisotopic (exact) mass is 335 g/mol. The van der Waals surface area contributed by atoms with Crippen molar-refractivity contribution in [1.29, 1.82) is 0 Å². The maximum absolute atomic E-state index is 12.5. The Bertz CT molecular complexity index is 513. The average Bonchev–Trinajstić information content (AvgIpc) is 2.63. The van der Waals surface area contributed by atoms with Crippen molar-refractivity contribution in [2.24, 2.45) is 0 Å². The first kappa shape index (κ1) is 18.5. The lowest BCUT2D eigenvalue weighted by molar-refractivity contribution is 0.0713. The van der Waals surface area contributed by atoms with Gasteiger partial charge in [0.2, 0.25) is 0 Å². The topological polar surface area (TPSA) is 54.0 Å². The number of nitrogens with one attached hydrogen (secondary N) is 1. The van der Waals surface area contributed by atoms with Crippen molar-refractivity contribution < 1.29 is 14.3 Å². The van der Waals surface area contributed by atoms with E-state index in [0.717, 1.165) is 44.0 Å². The molecular formula is C18H29N3O3. The summed E-state index contributed by atoms with van der Waals surface area (Å²) in [5.41, 5.74) is 1.02. The third kappa shape index (κ3) is 4.61. The first-order chi connectivity index (χ1) is 11.6. The van der Waals surface area contributed by atoms with Crippen LogP contribution in [-0.4, -0.2) is 68.8 Å². The number of carbonyl (C=O) groups is 1. The predicted octanol–water partition coefficient (Wildman–Crippen LogP) is 2.12. The van der Waals surface area contributed by atoms with Crippen molar-refractivity contribution in [3.63, 3.8) is 0 Å². The number of urea groups is 1. The molecule has 1 saturated heterocycles. The lowest BCUT2D eigenvalue weighted by atomic mass is 10.0. The van der Waals surface area contributed by atoms with E-state index in [4.69, 9.17) is 9.47 Å². The number of likely N-dealkylation sites (N-methyl/N-ethyl adjacent to an activating group) is 1. The first-order valence-electron chi connectivity index (χ1n) is 8.53. The Morgan fingerprint density at radius 3 is 2.29 bits per heavy atom. The fourth-order valence-electron chi connectivity index (χ4n) is 3.05. The third-order valence-corrected chi connectivity index (χ3v) is 4.61. The standard InChI is InChI=1S/C18H29N3O3/c1-5-20-10-12-21(13-11-20)18(22)19-14(2)17(24-4)15-6-8-16(23-3)9-7-15/h6-9,14,17H,5,10-13H2,1-4H3,(H,19,22). The summed E-state index contributed by atoms with van der Waals surface area (Å²) in [7, 11) is 3.31. The van der Waals surface area contributed by atoms with Crippen LogP contribution in [0.25, 0.3) is 0 Å². The Labute approximate surface area is 144 Å². The van der Waals surface area contributed by atoms with Crippen LogP contribution in [0.2, 0.25) is 0 Å². The normalized spacial score (nSPS) is 18.1. The highest BCUT2D eigenvalue weighted by Gasteiger charge is 2.25. The number of hydrogen-bond acceptors (Lipinski definition) is 4. The van der Waals surface area contributed by atoms with Gasteiger partial charge in [-0.25, -0.2) is 4.79 Å². The van der Waals surface area contributed by atoms with Crippen LogP contribution in [0.4, 0.5) is 4.79 Å². The zero-order valence-corrected chi connectivity index (χ0v) is 15.1. The Morgan fingerprint density at radius 1 is 1.17 bits per heavy atom. The van der Waals surface area contributed by atoms with Crippen LogP contribution in [0.1, 0.15) is 25.5 Å². The maximum atomic E-state index is 12.5. The molecule has 0 aliphatic carbocycles. The van der Waals surface area contributed by atoms with E-state index in [-0.39, 0.29) is 18.2 Å². The van der Waals surface area contributed by atoms with Crippen LogP contribution in [0.3, 0.4) is 0 Å². The number of hydrogen-bond donors (Lipinski definition) is 1. The van der Waals surface area contributed by atoms with Gasteiger partial charge in [-0.05, 0) is 31.2 Å². The number of methoxy groups -OCH3 is 2. The molecule has 2 atom stereocenters. The van der Waals surface area contributed by atoms with Crippen LogP contribution in [-0.2, 0) is 4.74 Å². The number of amides is 2. The number of ether oxygens (including phenoxy) is 2. The second kappa shape index (κ2) is 8.89. The van der Waals surface area contributed by atoms with E-state index in [0.29, 0.717) is 0 Å². The van der Waals surface area contributed by atoms with Gasteiger partial charge in [0, 0.05) is 33.3 Å². The number of nitrogens with zero attached hydrogens (tertiary/aromatic N) is 2. The summed E-state index contributed by atoms with van der Waals surface area (Å²) in [6.45, 7) is 8.57. The number of benzene rings is 1. The van der Waals surface area contributed by atoms with Gasteiger partial charge in [-0.1, -0.05) is 19.1 Å². The minimum atomic E-state index is -0.197. The SMILES string of the molecule is CCN1CCN(C(=O)NC(C)C(OC)c2ccc(OC)cc2)CC1. The lowest BCUT2D eigenvalue weighted by Crippen LogP contribution is -2.53. The van der Waals surface area contributed by atoms with Gasteiger partial charge in [-0.15, -0.1) is 0 Å². The highest BCUT2D eigenvalue weighted by molar-refractivity contribution is 5.74. The zero-order valence-electron chi connectivity index (χ0n) is 15.1. The molecule has 6 heteroatoms. The second-order valence-corrected chi connectivity index (χ2v) is 6.09. The molecule has 6 nitrogen and oxygen atoms in total. The molecule has 1 N–H and O–H groups in total. The molecule has 1 heterocycles. The van der Waals surface area contributed by atoms with Gasteiger partial charge in [0.05, 0.1) is 13.2 Å². The van der Waals surface area contributed by atoms with Crippen LogP contribution in [0.15, 0.2) is 24.3 Å². The number of piperazine rings is 1. The highest BCUT2D eigenvalue weighted by Crippen LogP contribution is 2.23. The molecule has 2 rings (SSSR count). The fraction of sp³-hybridized carbons (Fsp3) is 0.611. The van der Waals surface area contributed by atoms with Gasteiger partial charge >= 0.3 is 6.03 Å². The van der Waals surface area contributed by atoms with Crippen LogP contribution in [0.5, 0.6) is 5.75 Å². The smallest absolute Gasteiger partial charge is 0.317 e. The molecule has 2 amide bonds. The maximum Gasteiger partial charge on any atom is 0.317 e. The number of carbonyl (C=O) groups excluding carboxylic acids is 1. The quantitative estimate of drug-likeness (QED) is 0.865. The van der Waals surface area contributed by atoms with Crippen molar-refractivity contribution in [1.82, 2.24) is 15.1 Å². The molecule has 0 radical (unpaired) electrons. The molecule has 0 spiro atoms. The van der Waals surface area contributed by atoms with Crippen molar-refractivity contribution in [3.8, 4) is 5.75 Å². The summed E-state index contributed by atoms with van der Waals surface area (Å²) < 4.78 is 10.8. The minimum absolute atomic E-state index is 0.0196. The summed E-state index contributed by atoms with van der Waals surface area (Å²) in [6, 6.07) is 7.60. The van der Waals surface area contributed by atoms with E-state index in [1.807, 2.05) is 36.1 Å². The fourth-order valence-corrected chi connectivity index (χ4v) is 3.05. The summed E-state index contributed by atoms with van der Waals surface area (Å²) >= 11 is 0. The third-order valence-electron chi connectivity index (χ3n) is 4.61. The molecule has 1 aliphatic heterocycles. The molecule has 1 aromatic carbocycles. The minimum Gasteiger partial charge on any atom is -0.497 e. The first-order valence-corrected chi connectivity index (χ1v) is 8.53. The van der Waals surface area contributed by atoms with Crippen LogP contribution in [0, 0.1) is 0 Å². The van der Waals surface area contributed by atoms with Gasteiger partial charge in [0.15, 0.2) is 0 Å². The highest BCUT2D eigenvalue weighted by atomic mass is 16.5. The van der Waals surface area contributed by atoms with E-state index in [9.17, 15) is 4.79 Å². The van der Waals surface area contributed by atoms with Crippen molar-refractivity contribution >= 4 is 6.03 Å². The van der Waals surface area contributed by atoms with Crippen molar-refractivity contribution in [2.45, 2.75) is 26.0 Å². The van der Waals surface area contributed by atoms with E-state index in [2.05, 4.69) is 17.1 Å². The molecule has 24 heavy (non-hydrogen) atoms. The Morgan fingerprint density at radius 2 is 1.79 bits per heavy atom. The molecule has 1 aromatic rings. The Balaban J connectivity index is 1.93. The summed E-state index contributed by atoms with van der Waals surface area (Å²) in [5.74, 6) is 0.805. The van der Waals surface area contributed by atoms with Gasteiger partial charge in [-0.2, -0.15) is 0 Å². The molecule has 0 bridgehead atoms. The van der Waals surface area contributed by atoms with Gasteiger partial charge in [0.1, 0.15) is 11.9 Å². The lowest BCUT2D eigenvalue weighted by Gasteiger charge is -2.35. The Kier molecular flexibility index (Phi) is 6.87. The van der Waals surface area contributed by atoms with E-state index >= 15 is 0 Å². The second-order valence-electron chi connectivity index (χ2n) is 6.09. The van der Waals surface area contributed by atoms with E-state index in [1.165, 1.54) is 0 Å². The summed E-state index contributed by atoms with van der Waals surface area (Å²) in [6.07, 6.45) is -0.197. The zero-order chi connectivity index (χ0) is 17.5. The average molecular weight is 335 g/mol. The van der Waals surface area contributed by atoms with Gasteiger partial charge in [0.25, 0.3) is 0 Å². The van der Waals surface area contributed by atoms with Crippen molar-refractivity contribution in [2.75, 3.05) is 46.9 Å². The van der Waals surface area contributed by atoms with Crippen LogP contribution >= 0.6 is 0 Å². The van der Waals surface area contributed by atoms with Crippen molar-refractivity contribution in [3.05, 3.63) is 29.8 Å². The molecule has 2 unspecified atom stereocenters. The molecular weight excluding hydrogens is 306 g/mol. The molecule has 1 aliphatic rings. The largest absolute Gasteiger partial charge is 0.497 e. The molecule has 1 fully saturated rings. The van der Waals surface area contributed by atoms with E-state index < -0.39 is 0 Å².